The molecule has 2 atom stereocenters. The third-order valence-electron chi connectivity index (χ3n) is 7.55. The highest BCUT2D eigenvalue weighted by Crippen LogP contribution is 2.34. The Balaban J connectivity index is 1.25. The van der Waals surface area contributed by atoms with Gasteiger partial charge in [-0.2, -0.15) is 5.10 Å². The fourth-order valence-electron chi connectivity index (χ4n) is 5.52. The number of hydrogen-bond donors (Lipinski definition) is 0. The fraction of sp³-hybridized carbons (Fsp3) is 0.480. The number of rotatable bonds is 3. The van der Waals surface area contributed by atoms with Crippen molar-refractivity contribution in [2.45, 2.75) is 58.0 Å². The number of likely N-dealkylation sites (N-methyl/N-ethyl adjacent to an activating group) is 1. The van der Waals surface area contributed by atoms with Gasteiger partial charge >= 0.3 is 0 Å². The van der Waals surface area contributed by atoms with Crippen molar-refractivity contribution in [1.29, 1.82) is 0 Å². The first-order valence-corrected chi connectivity index (χ1v) is 12.3. The molecule has 3 aliphatic rings. The molecule has 35 heavy (non-hydrogen) atoms. The van der Waals surface area contributed by atoms with E-state index in [1.54, 1.807) is 9.42 Å². The number of nitrogens with zero attached hydrogens (tertiary/aromatic N) is 5. The summed E-state index contributed by atoms with van der Waals surface area (Å²) >= 11 is 6.35. The van der Waals surface area contributed by atoms with Crippen molar-refractivity contribution in [1.82, 2.24) is 24.4 Å². The van der Waals surface area contributed by atoms with E-state index < -0.39 is 5.82 Å². The highest BCUT2D eigenvalue weighted by Gasteiger charge is 2.38. The molecule has 0 saturated carbocycles. The molecule has 8 nitrogen and oxygen atoms in total. The summed E-state index contributed by atoms with van der Waals surface area (Å²) in [5.74, 6) is -0.351. The van der Waals surface area contributed by atoms with Crippen molar-refractivity contribution >= 4 is 23.2 Å². The molecule has 0 spiro atoms. The summed E-state index contributed by atoms with van der Waals surface area (Å²) in [7, 11) is 2.11. The largest absolute Gasteiger partial charge is 0.489 e. The topological polar surface area (TPSA) is 72.2 Å². The van der Waals surface area contributed by atoms with Crippen LogP contribution in [0.15, 0.2) is 18.2 Å². The van der Waals surface area contributed by atoms with Gasteiger partial charge in [0.25, 0.3) is 5.91 Å². The van der Waals surface area contributed by atoms with E-state index in [0.29, 0.717) is 48.3 Å². The molecule has 3 aliphatic heterocycles. The standard InChI is InChI=1S/C25H27ClFN5O3/c1-13-23(26)14(2)32-24(28-13)20-9-31(10-21(20)29-32)25(33)19-5-4-15(27)6-22(19)35-18-7-16-11-34-12-17(8-18)30(16)3/h4-6,16-18H,7-12H2,1-3H3/t16-,17-/m0/s1. The van der Waals surface area contributed by atoms with Gasteiger partial charge in [-0.1, -0.05) is 11.6 Å². The van der Waals surface area contributed by atoms with Crippen molar-refractivity contribution in [3.05, 3.63) is 57.2 Å². The summed E-state index contributed by atoms with van der Waals surface area (Å²) in [6.07, 6.45) is 1.45. The maximum absolute atomic E-state index is 14.2. The number of fused-ring (bicyclic) bond motifs is 5. The molecular formula is C25H27ClFN5O3. The highest BCUT2D eigenvalue weighted by atomic mass is 35.5. The zero-order valence-electron chi connectivity index (χ0n) is 19.9. The Morgan fingerprint density at radius 3 is 2.69 bits per heavy atom. The lowest BCUT2D eigenvalue weighted by molar-refractivity contribution is -0.0880. The monoisotopic (exact) mass is 499 g/mol. The number of piperidine rings is 1. The van der Waals surface area contributed by atoms with E-state index in [1.807, 2.05) is 13.8 Å². The molecule has 1 amide bonds. The average molecular weight is 500 g/mol. The van der Waals surface area contributed by atoms with Crippen LogP contribution in [0, 0.1) is 19.7 Å². The summed E-state index contributed by atoms with van der Waals surface area (Å²) in [5.41, 5.74) is 4.33. The molecule has 2 bridgehead atoms. The molecule has 0 aliphatic carbocycles. The second-order valence-electron chi connectivity index (χ2n) is 9.78. The van der Waals surface area contributed by atoms with Gasteiger partial charge in [0.1, 0.15) is 17.7 Å². The Labute approximate surface area is 207 Å². The lowest BCUT2D eigenvalue weighted by Gasteiger charge is -2.46. The Hall–Kier alpha value is -2.75. The molecular weight excluding hydrogens is 473 g/mol. The van der Waals surface area contributed by atoms with Gasteiger partial charge in [0.2, 0.25) is 0 Å². The third-order valence-corrected chi connectivity index (χ3v) is 8.10. The van der Waals surface area contributed by atoms with Gasteiger partial charge in [-0.3, -0.25) is 9.69 Å². The van der Waals surface area contributed by atoms with E-state index in [9.17, 15) is 9.18 Å². The third kappa shape index (κ3) is 3.77. The zero-order chi connectivity index (χ0) is 24.4. The van der Waals surface area contributed by atoms with E-state index in [-0.39, 0.29) is 24.1 Å². The molecule has 1 aromatic carbocycles. The van der Waals surface area contributed by atoms with Crippen molar-refractivity contribution in [2.24, 2.45) is 0 Å². The van der Waals surface area contributed by atoms with Gasteiger partial charge < -0.3 is 14.4 Å². The molecule has 184 valence electrons. The van der Waals surface area contributed by atoms with Gasteiger partial charge in [0.05, 0.1) is 54.0 Å². The van der Waals surface area contributed by atoms with Crippen LogP contribution >= 0.6 is 11.6 Å². The van der Waals surface area contributed by atoms with Gasteiger partial charge in [0.15, 0.2) is 5.65 Å². The predicted octanol–water partition coefficient (Wildman–Crippen LogP) is 3.54. The molecule has 3 aromatic rings. The number of benzene rings is 1. The molecule has 0 unspecified atom stereocenters. The number of morpholine rings is 1. The zero-order valence-corrected chi connectivity index (χ0v) is 20.7. The number of carbonyl (C=O) groups is 1. The van der Waals surface area contributed by atoms with E-state index >= 15 is 0 Å². The van der Waals surface area contributed by atoms with Crippen molar-refractivity contribution in [3.8, 4) is 5.75 Å². The minimum atomic E-state index is -0.428. The fourth-order valence-corrected chi connectivity index (χ4v) is 5.64. The summed E-state index contributed by atoms with van der Waals surface area (Å²) in [4.78, 5) is 22.2. The Morgan fingerprint density at radius 2 is 1.94 bits per heavy atom. The van der Waals surface area contributed by atoms with E-state index in [4.69, 9.17) is 21.1 Å². The molecule has 0 N–H and O–H groups in total. The van der Waals surface area contributed by atoms with E-state index in [2.05, 4.69) is 22.0 Å². The van der Waals surface area contributed by atoms with Crippen LogP contribution in [-0.2, 0) is 17.8 Å². The maximum Gasteiger partial charge on any atom is 0.258 e. The predicted molar refractivity (Wildman–Crippen MR) is 127 cm³/mol. The van der Waals surface area contributed by atoms with Crippen LogP contribution in [0.1, 0.15) is 45.8 Å². The second kappa shape index (κ2) is 8.43. The number of aromatic nitrogens is 3. The number of halogens is 2. The summed E-state index contributed by atoms with van der Waals surface area (Å²) < 4.78 is 27.9. The Morgan fingerprint density at radius 1 is 1.20 bits per heavy atom. The van der Waals surface area contributed by atoms with Crippen LogP contribution in [0.4, 0.5) is 4.39 Å². The first kappa shape index (κ1) is 22.7. The number of amides is 1. The average Bonchev–Trinajstić information content (AvgIpc) is 3.37. The Kier molecular flexibility index (Phi) is 5.47. The first-order chi connectivity index (χ1) is 16.8. The van der Waals surface area contributed by atoms with Gasteiger partial charge in [-0.05, 0) is 33.0 Å². The smallest absolute Gasteiger partial charge is 0.258 e. The van der Waals surface area contributed by atoms with Gasteiger partial charge in [-0.15, -0.1) is 0 Å². The van der Waals surface area contributed by atoms with Gasteiger partial charge in [-0.25, -0.2) is 13.9 Å². The maximum atomic E-state index is 14.2. The van der Waals surface area contributed by atoms with Crippen LogP contribution in [0.3, 0.4) is 0 Å². The minimum absolute atomic E-state index is 0.0988. The normalized spacial score (nSPS) is 24.1. The van der Waals surface area contributed by atoms with Crippen LogP contribution < -0.4 is 4.74 Å². The number of aryl methyl sites for hydroxylation is 2. The summed E-state index contributed by atoms with van der Waals surface area (Å²) in [5, 5.41) is 5.25. The van der Waals surface area contributed by atoms with Crippen molar-refractivity contribution in [3.63, 3.8) is 0 Å². The van der Waals surface area contributed by atoms with Crippen LogP contribution in [0.25, 0.3) is 5.65 Å². The van der Waals surface area contributed by atoms with E-state index in [0.717, 1.165) is 35.5 Å². The van der Waals surface area contributed by atoms with Crippen LogP contribution in [0.2, 0.25) is 5.02 Å². The highest BCUT2D eigenvalue weighted by molar-refractivity contribution is 6.31. The minimum Gasteiger partial charge on any atom is -0.489 e. The SMILES string of the molecule is Cc1nc2c3c(nn2c(C)c1Cl)CN(C(=O)c1ccc(F)cc1OC1C[C@H]2COC[C@H](C1)N2C)C3. The molecule has 6 rings (SSSR count). The molecule has 5 heterocycles. The molecule has 2 fully saturated rings. The number of hydrogen-bond acceptors (Lipinski definition) is 6. The van der Waals surface area contributed by atoms with Crippen molar-refractivity contribution < 1.29 is 18.7 Å². The van der Waals surface area contributed by atoms with Crippen molar-refractivity contribution in [2.75, 3.05) is 20.3 Å². The first-order valence-electron chi connectivity index (χ1n) is 11.9. The number of ether oxygens (including phenoxy) is 2. The molecule has 10 heteroatoms. The lowest BCUT2D eigenvalue weighted by atomic mass is 9.92. The summed E-state index contributed by atoms with van der Waals surface area (Å²) in [6.45, 7) is 5.80. The second-order valence-corrected chi connectivity index (χ2v) is 10.2. The van der Waals surface area contributed by atoms with Crippen LogP contribution in [-0.4, -0.2) is 68.8 Å². The summed E-state index contributed by atoms with van der Waals surface area (Å²) in [6, 6.07) is 4.67. The Bertz CT molecular complexity index is 1330. The van der Waals surface area contributed by atoms with Crippen LogP contribution in [0.5, 0.6) is 5.75 Å². The quantitative estimate of drug-likeness (QED) is 0.549. The lowest BCUT2D eigenvalue weighted by Crippen LogP contribution is -2.57. The molecule has 0 radical (unpaired) electrons. The van der Waals surface area contributed by atoms with Gasteiger partial charge in [0, 0.05) is 36.6 Å². The number of carbonyl (C=O) groups excluding carboxylic acids is 1. The van der Waals surface area contributed by atoms with E-state index in [1.165, 1.54) is 18.2 Å². The molecule has 2 aromatic heterocycles. The molecule has 2 saturated heterocycles.